The first-order valence-corrected chi connectivity index (χ1v) is 9.61. The third kappa shape index (κ3) is 3.95. The second-order valence-corrected chi connectivity index (χ2v) is 7.10. The highest BCUT2D eigenvalue weighted by Crippen LogP contribution is 2.35. The third-order valence-electron chi connectivity index (χ3n) is 4.96. The Morgan fingerprint density at radius 1 is 1.30 bits per heavy atom. The van der Waals surface area contributed by atoms with E-state index < -0.39 is 24.2 Å². The van der Waals surface area contributed by atoms with E-state index in [0.717, 1.165) is 10.9 Å². The molecular weight excluding hydrogens is 448 g/mol. The molecule has 14 heteroatoms. The number of anilines is 2. The lowest BCUT2D eigenvalue weighted by molar-refractivity contribution is -0.207. The molecular formula is C19H14F4N8O2. The summed E-state index contributed by atoms with van der Waals surface area (Å²) in [4.78, 5) is 22.5. The van der Waals surface area contributed by atoms with Crippen molar-refractivity contribution in [2.24, 2.45) is 0 Å². The Kier molecular flexibility index (Phi) is 4.92. The van der Waals surface area contributed by atoms with Crippen LogP contribution < -0.4 is 10.6 Å². The summed E-state index contributed by atoms with van der Waals surface area (Å²) in [6.45, 7) is 0.329. The number of alkyl halides is 3. The van der Waals surface area contributed by atoms with Gasteiger partial charge < -0.3 is 15.0 Å². The molecule has 0 aliphatic carbocycles. The number of hydrogen-bond acceptors (Lipinski definition) is 8. The number of ether oxygens (including phenoxy) is 1. The summed E-state index contributed by atoms with van der Waals surface area (Å²) in [6.07, 6.45) is -2.11. The molecule has 1 unspecified atom stereocenters. The van der Waals surface area contributed by atoms with Crippen molar-refractivity contribution in [1.29, 1.82) is 0 Å². The molecule has 0 saturated heterocycles. The molecule has 3 aromatic heterocycles. The van der Waals surface area contributed by atoms with Gasteiger partial charge in [-0.15, -0.1) is 5.10 Å². The number of carbonyl (C=O) groups is 1. The Hall–Kier alpha value is -4.07. The van der Waals surface area contributed by atoms with Gasteiger partial charge in [0, 0.05) is 40.8 Å². The van der Waals surface area contributed by atoms with Crippen LogP contribution in [-0.2, 0) is 16.0 Å². The fourth-order valence-electron chi connectivity index (χ4n) is 3.58. The molecule has 0 spiro atoms. The normalized spacial score (nSPS) is 15.9. The molecule has 5 rings (SSSR count). The van der Waals surface area contributed by atoms with Crippen LogP contribution in [0.4, 0.5) is 29.2 Å². The Labute approximate surface area is 182 Å². The fourth-order valence-corrected chi connectivity index (χ4v) is 3.58. The molecule has 0 radical (unpaired) electrons. The standard InChI is InChI=1S/C19H14F4N8O2/c20-11-8-25-18(29-15(11)31-6-5-26-30-31)27-9-1-2-12-10(7-9)14-13(28-12)3-4-24-16(14)33-17(32)19(21,22)23/h1-2,5-8,16,24,28H,3-4H2,(H,25,27,29). The largest absolute Gasteiger partial charge is 0.490 e. The first-order chi connectivity index (χ1) is 15.8. The van der Waals surface area contributed by atoms with E-state index in [1.165, 1.54) is 12.4 Å². The minimum atomic E-state index is -5.11. The highest BCUT2D eigenvalue weighted by atomic mass is 19.4. The zero-order valence-electron chi connectivity index (χ0n) is 16.5. The summed E-state index contributed by atoms with van der Waals surface area (Å²) in [6, 6.07) is 5.05. The zero-order chi connectivity index (χ0) is 23.2. The fraction of sp³-hybridized carbons (Fsp3) is 0.211. The van der Waals surface area contributed by atoms with E-state index in [4.69, 9.17) is 0 Å². The van der Waals surface area contributed by atoms with Crippen molar-refractivity contribution in [3.63, 3.8) is 0 Å². The van der Waals surface area contributed by atoms with Crippen LogP contribution in [0.2, 0.25) is 0 Å². The third-order valence-corrected chi connectivity index (χ3v) is 4.96. The van der Waals surface area contributed by atoms with Crippen molar-refractivity contribution >= 4 is 28.5 Å². The molecule has 0 bridgehead atoms. The van der Waals surface area contributed by atoms with Gasteiger partial charge in [0.25, 0.3) is 0 Å². The predicted octanol–water partition coefficient (Wildman–Crippen LogP) is 2.67. The van der Waals surface area contributed by atoms with E-state index in [9.17, 15) is 22.4 Å². The Balaban J connectivity index is 1.48. The Bertz CT molecular complexity index is 1340. The second-order valence-electron chi connectivity index (χ2n) is 7.10. The summed E-state index contributed by atoms with van der Waals surface area (Å²) in [5.41, 5.74) is 2.19. The number of aromatic amines is 1. The van der Waals surface area contributed by atoms with Gasteiger partial charge in [-0.25, -0.2) is 14.2 Å². The molecule has 1 atom stereocenters. The number of benzene rings is 1. The van der Waals surface area contributed by atoms with Gasteiger partial charge in [-0.05, 0) is 18.2 Å². The van der Waals surface area contributed by atoms with Gasteiger partial charge in [0.2, 0.25) is 5.95 Å². The second kappa shape index (κ2) is 7.81. The molecule has 1 aliphatic rings. The van der Waals surface area contributed by atoms with Gasteiger partial charge in [0.05, 0.1) is 18.6 Å². The van der Waals surface area contributed by atoms with Crippen LogP contribution in [-0.4, -0.2) is 48.6 Å². The number of esters is 1. The summed E-state index contributed by atoms with van der Waals surface area (Å²) in [5.74, 6) is -3.05. The van der Waals surface area contributed by atoms with E-state index in [-0.39, 0.29) is 11.8 Å². The van der Waals surface area contributed by atoms with Crippen LogP contribution in [0, 0.1) is 5.82 Å². The molecule has 4 heterocycles. The van der Waals surface area contributed by atoms with E-state index >= 15 is 0 Å². The zero-order valence-corrected chi connectivity index (χ0v) is 16.5. The smallest absolute Gasteiger partial charge is 0.435 e. The van der Waals surface area contributed by atoms with Gasteiger partial charge in [-0.3, -0.25) is 5.32 Å². The number of rotatable bonds is 4. The number of H-pyrrole nitrogens is 1. The number of nitrogens with one attached hydrogen (secondary N) is 3. The maximum atomic E-state index is 14.1. The summed E-state index contributed by atoms with van der Waals surface area (Å²) in [5, 5.41) is 13.6. The molecule has 1 aromatic carbocycles. The Morgan fingerprint density at radius 2 is 2.15 bits per heavy atom. The monoisotopic (exact) mass is 462 g/mol. The summed E-state index contributed by atoms with van der Waals surface area (Å²) < 4.78 is 58.1. The lowest BCUT2D eigenvalue weighted by Gasteiger charge is -2.25. The van der Waals surface area contributed by atoms with Crippen LogP contribution in [0.25, 0.3) is 16.7 Å². The van der Waals surface area contributed by atoms with E-state index in [1.54, 1.807) is 18.2 Å². The molecule has 4 aromatic rings. The van der Waals surface area contributed by atoms with Crippen LogP contribution in [0.5, 0.6) is 0 Å². The number of nitrogens with zero attached hydrogens (tertiary/aromatic N) is 5. The van der Waals surface area contributed by atoms with Gasteiger partial charge >= 0.3 is 12.1 Å². The average Bonchev–Trinajstić information content (AvgIpc) is 3.42. The van der Waals surface area contributed by atoms with Crippen LogP contribution in [0.1, 0.15) is 17.5 Å². The number of carbonyl (C=O) groups excluding carboxylic acids is 1. The first-order valence-electron chi connectivity index (χ1n) is 9.61. The lowest BCUT2D eigenvalue weighted by Crippen LogP contribution is -2.36. The minimum Gasteiger partial charge on any atom is -0.435 e. The highest BCUT2D eigenvalue weighted by Gasteiger charge is 2.43. The molecule has 1 aliphatic heterocycles. The molecule has 0 amide bonds. The SMILES string of the molecule is O=C(OC1NCCc2[nH]c3ccc(Nc4ncc(F)c(-n5ccnn5)n4)cc3c21)C(F)(F)F. The van der Waals surface area contributed by atoms with Crippen molar-refractivity contribution in [3.05, 3.63) is 53.9 Å². The molecule has 3 N–H and O–H groups in total. The van der Waals surface area contributed by atoms with Crippen molar-refractivity contribution in [3.8, 4) is 5.82 Å². The predicted molar refractivity (Wildman–Crippen MR) is 105 cm³/mol. The number of halogens is 4. The van der Waals surface area contributed by atoms with E-state index in [2.05, 4.69) is 40.6 Å². The topological polar surface area (TPSA) is 123 Å². The quantitative estimate of drug-likeness (QED) is 0.313. The maximum Gasteiger partial charge on any atom is 0.490 e. The molecule has 33 heavy (non-hydrogen) atoms. The summed E-state index contributed by atoms with van der Waals surface area (Å²) in [7, 11) is 0. The van der Waals surface area contributed by atoms with Crippen molar-refractivity contribution < 1.29 is 27.1 Å². The molecule has 10 nitrogen and oxygen atoms in total. The number of fused-ring (bicyclic) bond motifs is 3. The molecule has 0 saturated carbocycles. The van der Waals surface area contributed by atoms with Gasteiger partial charge in [-0.2, -0.15) is 22.8 Å². The maximum absolute atomic E-state index is 14.1. The van der Waals surface area contributed by atoms with Crippen LogP contribution in [0.3, 0.4) is 0 Å². The first kappa shape index (κ1) is 20.8. The van der Waals surface area contributed by atoms with E-state index in [1.807, 2.05) is 0 Å². The Morgan fingerprint density at radius 3 is 2.91 bits per heavy atom. The number of hydrogen-bond donors (Lipinski definition) is 3. The van der Waals surface area contributed by atoms with Crippen molar-refractivity contribution in [2.45, 2.75) is 18.8 Å². The van der Waals surface area contributed by atoms with Crippen molar-refractivity contribution in [1.82, 2.24) is 35.3 Å². The summed E-state index contributed by atoms with van der Waals surface area (Å²) >= 11 is 0. The van der Waals surface area contributed by atoms with Gasteiger partial charge in [0.1, 0.15) is 0 Å². The average molecular weight is 462 g/mol. The lowest BCUT2D eigenvalue weighted by atomic mass is 10.0. The van der Waals surface area contributed by atoms with Gasteiger partial charge in [-0.1, -0.05) is 5.21 Å². The van der Waals surface area contributed by atoms with E-state index in [0.29, 0.717) is 40.8 Å². The van der Waals surface area contributed by atoms with Crippen LogP contribution in [0.15, 0.2) is 36.8 Å². The number of aromatic nitrogens is 6. The molecule has 170 valence electrons. The minimum absolute atomic E-state index is 0.0591. The highest BCUT2D eigenvalue weighted by molar-refractivity contribution is 5.89. The van der Waals surface area contributed by atoms with Gasteiger partial charge in [0.15, 0.2) is 17.9 Å². The van der Waals surface area contributed by atoms with Crippen LogP contribution >= 0.6 is 0 Å². The van der Waals surface area contributed by atoms with Crippen molar-refractivity contribution in [2.75, 3.05) is 11.9 Å². The molecule has 0 fully saturated rings.